The van der Waals surface area contributed by atoms with Gasteiger partial charge in [0.05, 0.1) is 13.4 Å². The Hall–Kier alpha value is -3.87. The molecule has 0 aliphatic carbocycles. The standard InChI is InChI=1S/C22H20N4O3/c1-15-5-7-16(8-6-15)14-23-22-24-20(19-4-3-13-29-19)25-26(22)21(27)17-9-11-18(28-2)12-10-17/h3-13H,14H2,1-2H3,(H,23,24,25). The minimum absolute atomic E-state index is 0.302. The van der Waals surface area contributed by atoms with E-state index in [2.05, 4.69) is 15.4 Å². The zero-order chi connectivity index (χ0) is 20.2. The number of aromatic nitrogens is 3. The molecule has 0 fully saturated rings. The van der Waals surface area contributed by atoms with Gasteiger partial charge in [-0.15, -0.1) is 5.10 Å². The molecule has 4 aromatic rings. The summed E-state index contributed by atoms with van der Waals surface area (Å²) in [6, 6.07) is 18.5. The SMILES string of the molecule is COc1ccc(C(=O)n2nc(-c3ccco3)nc2NCc2ccc(C)cc2)cc1. The number of benzene rings is 2. The number of rotatable bonds is 6. The van der Waals surface area contributed by atoms with Crippen LogP contribution in [0.3, 0.4) is 0 Å². The summed E-state index contributed by atoms with van der Waals surface area (Å²) in [5.74, 6) is 1.55. The van der Waals surface area contributed by atoms with Crippen molar-refractivity contribution in [3.05, 3.63) is 83.6 Å². The molecule has 0 amide bonds. The third-order valence-corrected chi connectivity index (χ3v) is 4.45. The fourth-order valence-electron chi connectivity index (χ4n) is 2.82. The lowest BCUT2D eigenvalue weighted by Crippen LogP contribution is -2.17. The van der Waals surface area contributed by atoms with Crippen molar-refractivity contribution in [2.75, 3.05) is 12.4 Å². The van der Waals surface area contributed by atoms with Gasteiger partial charge in [0.1, 0.15) is 5.75 Å². The molecule has 0 bridgehead atoms. The maximum atomic E-state index is 13.1. The molecule has 1 N–H and O–H groups in total. The van der Waals surface area contributed by atoms with E-state index < -0.39 is 0 Å². The number of hydrogen-bond acceptors (Lipinski definition) is 6. The Labute approximate surface area is 168 Å². The predicted octanol–water partition coefficient (Wildman–Crippen LogP) is 4.16. The Bertz CT molecular complexity index is 1100. The van der Waals surface area contributed by atoms with Crippen LogP contribution in [0.15, 0.2) is 71.3 Å². The fourth-order valence-corrected chi connectivity index (χ4v) is 2.82. The second-order valence-corrected chi connectivity index (χ2v) is 6.52. The fraction of sp³-hybridized carbons (Fsp3) is 0.136. The van der Waals surface area contributed by atoms with E-state index in [0.717, 1.165) is 5.56 Å². The van der Waals surface area contributed by atoms with E-state index in [-0.39, 0.29) is 5.91 Å². The normalized spacial score (nSPS) is 10.7. The summed E-state index contributed by atoms with van der Waals surface area (Å²) in [5.41, 5.74) is 2.73. The Balaban J connectivity index is 1.64. The highest BCUT2D eigenvalue weighted by atomic mass is 16.5. The molecule has 0 unspecified atom stereocenters. The lowest BCUT2D eigenvalue weighted by atomic mass is 10.1. The lowest BCUT2D eigenvalue weighted by Gasteiger charge is -2.08. The van der Waals surface area contributed by atoms with Crippen molar-refractivity contribution in [3.8, 4) is 17.3 Å². The molecular weight excluding hydrogens is 368 g/mol. The molecular formula is C22H20N4O3. The molecule has 2 heterocycles. The molecule has 2 aromatic carbocycles. The highest BCUT2D eigenvalue weighted by Gasteiger charge is 2.20. The van der Waals surface area contributed by atoms with Gasteiger partial charge in [-0.25, -0.2) is 0 Å². The molecule has 7 nitrogen and oxygen atoms in total. The molecule has 0 aliphatic rings. The van der Waals surface area contributed by atoms with Crippen molar-refractivity contribution in [3.63, 3.8) is 0 Å². The lowest BCUT2D eigenvalue weighted by molar-refractivity contribution is 0.0947. The summed E-state index contributed by atoms with van der Waals surface area (Å²) >= 11 is 0. The van der Waals surface area contributed by atoms with Crippen molar-refractivity contribution >= 4 is 11.9 Å². The highest BCUT2D eigenvalue weighted by Crippen LogP contribution is 2.21. The zero-order valence-corrected chi connectivity index (χ0v) is 16.1. The second kappa shape index (κ2) is 8.02. The van der Waals surface area contributed by atoms with Crippen LogP contribution in [0.25, 0.3) is 11.6 Å². The van der Waals surface area contributed by atoms with Crippen LogP contribution in [0.2, 0.25) is 0 Å². The monoisotopic (exact) mass is 388 g/mol. The number of carbonyl (C=O) groups excluding carboxylic acids is 1. The molecule has 29 heavy (non-hydrogen) atoms. The first-order valence-electron chi connectivity index (χ1n) is 9.13. The van der Waals surface area contributed by atoms with Gasteiger partial charge in [0.2, 0.25) is 11.8 Å². The zero-order valence-electron chi connectivity index (χ0n) is 16.1. The van der Waals surface area contributed by atoms with Crippen LogP contribution in [0.5, 0.6) is 5.75 Å². The minimum atomic E-state index is -0.302. The van der Waals surface area contributed by atoms with Crippen molar-refractivity contribution in [1.82, 2.24) is 14.8 Å². The molecule has 7 heteroatoms. The van der Waals surface area contributed by atoms with Crippen molar-refractivity contribution < 1.29 is 13.9 Å². The number of furan rings is 1. The summed E-state index contributed by atoms with van der Waals surface area (Å²) in [6.07, 6.45) is 1.54. The van der Waals surface area contributed by atoms with Gasteiger partial charge in [0.15, 0.2) is 5.76 Å². The smallest absolute Gasteiger partial charge is 0.281 e. The maximum Gasteiger partial charge on any atom is 0.281 e. The average Bonchev–Trinajstić information content (AvgIpc) is 3.43. The number of hydrogen-bond donors (Lipinski definition) is 1. The number of anilines is 1. The van der Waals surface area contributed by atoms with Crippen LogP contribution in [0.1, 0.15) is 21.5 Å². The average molecular weight is 388 g/mol. The van der Waals surface area contributed by atoms with Crippen LogP contribution in [0.4, 0.5) is 5.95 Å². The van der Waals surface area contributed by atoms with Crippen LogP contribution < -0.4 is 10.1 Å². The number of aryl methyl sites for hydroxylation is 1. The summed E-state index contributed by atoms with van der Waals surface area (Å²) in [6.45, 7) is 2.55. The summed E-state index contributed by atoms with van der Waals surface area (Å²) in [4.78, 5) is 17.5. The van der Waals surface area contributed by atoms with Gasteiger partial charge in [-0.05, 0) is 48.9 Å². The van der Waals surface area contributed by atoms with E-state index in [1.807, 2.05) is 31.2 Å². The van der Waals surface area contributed by atoms with Gasteiger partial charge in [-0.1, -0.05) is 29.8 Å². The largest absolute Gasteiger partial charge is 0.497 e. The van der Waals surface area contributed by atoms with E-state index in [1.165, 1.54) is 10.2 Å². The van der Waals surface area contributed by atoms with E-state index >= 15 is 0 Å². The van der Waals surface area contributed by atoms with Crippen LogP contribution in [0, 0.1) is 6.92 Å². The third-order valence-electron chi connectivity index (χ3n) is 4.45. The van der Waals surface area contributed by atoms with E-state index in [4.69, 9.17) is 9.15 Å². The summed E-state index contributed by atoms with van der Waals surface area (Å²) < 4.78 is 11.8. The van der Waals surface area contributed by atoms with Gasteiger partial charge in [0.25, 0.3) is 5.91 Å². The Morgan fingerprint density at radius 3 is 2.52 bits per heavy atom. The third kappa shape index (κ3) is 4.03. The van der Waals surface area contributed by atoms with Crippen molar-refractivity contribution in [2.24, 2.45) is 0 Å². The molecule has 146 valence electrons. The van der Waals surface area contributed by atoms with Gasteiger partial charge in [0, 0.05) is 12.1 Å². The quantitative estimate of drug-likeness (QED) is 0.534. The van der Waals surface area contributed by atoms with E-state index in [9.17, 15) is 4.79 Å². The first kappa shape index (κ1) is 18.5. The second-order valence-electron chi connectivity index (χ2n) is 6.52. The Kier molecular flexibility index (Phi) is 5.11. The molecule has 0 aliphatic heterocycles. The molecule has 0 saturated carbocycles. The van der Waals surface area contributed by atoms with Gasteiger partial charge < -0.3 is 14.5 Å². The maximum absolute atomic E-state index is 13.1. The number of methoxy groups -OCH3 is 1. The molecule has 0 atom stereocenters. The number of carbonyl (C=O) groups is 1. The van der Waals surface area contributed by atoms with E-state index in [1.54, 1.807) is 49.8 Å². The summed E-state index contributed by atoms with van der Waals surface area (Å²) in [5, 5.41) is 7.57. The van der Waals surface area contributed by atoms with E-state index in [0.29, 0.717) is 35.4 Å². The first-order chi connectivity index (χ1) is 14.1. The van der Waals surface area contributed by atoms with Crippen LogP contribution in [-0.2, 0) is 6.54 Å². The summed E-state index contributed by atoms with van der Waals surface area (Å²) in [7, 11) is 1.58. The molecule has 4 rings (SSSR count). The molecule has 0 radical (unpaired) electrons. The highest BCUT2D eigenvalue weighted by molar-refractivity contribution is 5.97. The van der Waals surface area contributed by atoms with Crippen LogP contribution >= 0.6 is 0 Å². The Morgan fingerprint density at radius 2 is 1.86 bits per heavy atom. The Morgan fingerprint density at radius 1 is 1.10 bits per heavy atom. The van der Waals surface area contributed by atoms with Crippen molar-refractivity contribution in [1.29, 1.82) is 0 Å². The van der Waals surface area contributed by atoms with Gasteiger partial charge in [-0.2, -0.15) is 9.67 Å². The molecule has 0 saturated heterocycles. The van der Waals surface area contributed by atoms with Gasteiger partial charge in [-0.3, -0.25) is 4.79 Å². The first-order valence-corrected chi connectivity index (χ1v) is 9.13. The molecule has 0 spiro atoms. The number of ether oxygens (including phenoxy) is 1. The van der Waals surface area contributed by atoms with Crippen molar-refractivity contribution in [2.45, 2.75) is 13.5 Å². The van der Waals surface area contributed by atoms with Gasteiger partial charge >= 0.3 is 0 Å². The van der Waals surface area contributed by atoms with Crippen LogP contribution in [-0.4, -0.2) is 27.8 Å². The number of nitrogens with one attached hydrogen (secondary N) is 1. The molecule has 2 aromatic heterocycles. The minimum Gasteiger partial charge on any atom is -0.497 e. The number of nitrogens with zero attached hydrogens (tertiary/aromatic N) is 3. The topological polar surface area (TPSA) is 82.2 Å². The predicted molar refractivity (Wildman–Crippen MR) is 109 cm³/mol.